The van der Waals surface area contributed by atoms with Crippen LogP contribution in [0.2, 0.25) is 0 Å². The Kier molecular flexibility index (Phi) is 5.91. The number of nitrogens with zero attached hydrogens (tertiary/aromatic N) is 1. The Hall–Kier alpha value is -5.40. The number of aromatic nitrogens is 1. The van der Waals surface area contributed by atoms with Crippen molar-refractivity contribution in [2.24, 2.45) is 7.05 Å². The third-order valence-corrected chi connectivity index (χ3v) is 10.4. The van der Waals surface area contributed by atoms with Gasteiger partial charge in [-0.2, -0.15) is 0 Å². The molecule has 50 heavy (non-hydrogen) atoms. The second kappa shape index (κ2) is 12.8. The number of hydrogen-bond donors (Lipinski definition) is 0. The monoisotopic (exact) mass is 651 g/mol. The molecule has 0 amide bonds. The molecule has 240 valence electrons. The van der Waals surface area contributed by atoms with E-state index in [2.05, 4.69) is 12.1 Å². The molecule has 0 fully saturated rings. The van der Waals surface area contributed by atoms with Gasteiger partial charge in [-0.1, -0.05) is 176 Å². The molecule has 0 saturated heterocycles. The lowest BCUT2D eigenvalue weighted by atomic mass is 9.20. The van der Waals surface area contributed by atoms with E-state index in [4.69, 9.17) is 12.3 Å². The summed E-state index contributed by atoms with van der Waals surface area (Å²) >= 11 is 0. The summed E-state index contributed by atoms with van der Waals surface area (Å²) in [4.78, 5) is 0. The molecule has 0 atom stereocenters. The van der Waals surface area contributed by atoms with Crippen molar-refractivity contribution < 1.29 is 16.9 Å². The van der Waals surface area contributed by atoms with E-state index in [1.807, 2.05) is 141 Å². The standard InChI is InChI=1S/C47H42B2N/c1-31-29-43-44(30-40(31)45-23-15-16-24-50(45)6)49(47-34(4)27-39(28-35(47)5)37-19-11-8-12-20-37)42-22-14-13-21-41(42)48(43)46-32(2)25-38(26-33(46)3)36-17-9-7-10-18-36/h7-30H,1-6H3/q+1/i2D3,4D3,5D3. The van der Waals surface area contributed by atoms with Gasteiger partial charge in [0, 0.05) is 30.0 Å². The SMILES string of the molecule is [2H]C([2H])([2H])c1cc(-c2ccccc2)cc(C)c1B1c2ccccc2B(c2c(C([2H])([2H])[2H])cc(-c3ccccc3)cc2C([2H])([2H])[2H])c2cc(-c3cccc[n+]3C)c(C)cc21. The molecule has 0 saturated carbocycles. The van der Waals surface area contributed by atoms with Crippen LogP contribution in [0.15, 0.2) is 146 Å². The van der Waals surface area contributed by atoms with Crippen LogP contribution in [-0.4, -0.2) is 13.4 Å². The van der Waals surface area contributed by atoms with E-state index >= 15 is 0 Å². The lowest BCUT2D eigenvalue weighted by Gasteiger charge is -2.35. The quantitative estimate of drug-likeness (QED) is 0.150. The van der Waals surface area contributed by atoms with Crippen LogP contribution < -0.4 is 37.3 Å². The molecular formula is C47H42B2N+. The number of benzene rings is 6. The highest BCUT2D eigenvalue weighted by molar-refractivity contribution is 7.11. The number of aryl methyl sites for hydroxylation is 6. The average Bonchev–Trinajstić information content (AvgIpc) is 3.19. The Morgan fingerprint density at radius 3 is 1.42 bits per heavy atom. The summed E-state index contributed by atoms with van der Waals surface area (Å²) in [5.74, 6) is 0. The van der Waals surface area contributed by atoms with Crippen LogP contribution in [-0.2, 0) is 7.05 Å². The van der Waals surface area contributed by atoms with Gasteiger partial charge in [-0.05, 0) is 68.3 Å². The third-order valence-electron chi connectivity index (χ3n) is 10.4. The summed E-state index contributed by atoms with van der Waals surface area (Å²) in [6, 6.07) is 43.9. The predicted octanol–water partition coefficient (Wildman–Crippen LogP) is 6.40. The highest BCUT2D eigenvalue weighted by Gasteiger charge is 2.41. The van der Waals surface area contributed by atoms with Crippen LogP contribution in [0, 0.1) is 34.4 Å². The molecule has 8 rings (SSSR count). The fourth-order valence-corrected chi connectivity index (χ4v) is 8.06. The Balaban J connectivity index is 1.51. The van der Waals surface area contributed by atoms with Gasteiger partial charge in [0.05, 0.1) is 0 Å². The Labute approximate surface area is 311 Å². The van der Waals surface area contributed by atoms with Crippen molar-refractivity contribution in [1.82, 2.24) is 0 Å². The largest absolute Gasteiger partial charge is 0.240 e. The fourth-order valence-electron chi connectivity index (χ4n) is 8.06. The van der Waals surface area contributed by atoms with E-state index in [-0.39, 0.29) is 22.2 Å². The molecule has 1 nitrogen and oxygen atoms in total. The molecule has 1 aliphatic rings. The first kappa shape index (κ1) is 23.1. The van der Waals surface area contributed by atoms with Crippen LogP contribution in [0.3, 0.4) is 0 Å². The van der Waals surface area contributed by atoms with Gasteiger partial charge in [-0.15, -0.1) is 0 Å². The summed E-state index contributed by atoms with van der Waals surface area (Å²) in [7, 11) is 1.96. The van der Waals surface area contributed by atoms with Crippen LogP contribution in [0.5, 0.6) is 0 Å². The average molecular weight is 652 g/mol. The van der Waals surface area contributed by atoms with Gasteiger partial charge >= 0.3 is 0 Å². The highest BCUT2D eigenvalue weighted by atomic mass is 14.9. The summed E-state index contributed by atoms with van der Waals surface area (Å²) in [5.41, 5.74) is 10.6. The molecule has 0 bridgehead atoms. The van der Waals surface area contributed by atoms with E-state index < -0.39 is 34.0 Å². The van der Waals surface area contributed by atoms with Gasteiger partial charge in [0.15, 0.2) is 6.20 Å². The van der Waals surface area contributed by atoms with Crippen molar-refractivity contribution in [3.63, 3.8) is 0 Å². The van der Waals surface area contributed by atoms with Crippen LogP contribution in [0.4, 0.5) is 0 Å². The van der Waals surface area contributed by atoms with Crippen LogP contribution in [0.25, 0.3) is 33.5 Å². The minimum absolute atomic E-state index is 0.0341. The Bertz CT molecular complexity index is 2690. The van der Waals surface area contributed by atoms with E-state index in [0.717, 1.165) is 55.4 Å². The Morgan fingerprint density at radius 2 is 0.900 bits per heavy atom. The Morgan fingerprint density at radius 1 is 0.440 bits per heavy atom. The molecule has 0 unspecified atom stereocenters. The number of pyridine rings is 1. The lowest BCUT2D eigenvalue weighted by molar-refractivity contribution is -0.660. The normalized spacial score (nSPS) is 15.5. The molecule has 0 radical (unpaired) electrons. The summed E-state index contributed by atoms with van der Waals surface area (Å²) in [6.07, 6.45) is 1.96. The van der Waals surface area contributed by atoms with Gasteiger partial charge in [0.1, 0.15) is 7.05 Å². The topological polar surface area (TPSA) is 3.88 Å². The molecule has 2 heterocycles. The van der Waals surface area contributed by atoms with E-state index in [1.54, 1.807) is 18.2 Å². The molecule has 7 aromatic rings. The number of hydrogen-bond acceptors (Lipinski definition) is 0. The number of rotatable bonds is 5. The van der Waals surface area contributed by atoms with Crippen molar-refractivity contribution in [2.45, 2.75) is 34.4 Å². The van der Waals surface area contributed by atoms with Crippen LogP contribution >= 0.6 is 0 Å². The van der Waals surface area contributed by atoms with Crippen molar-refractivity contribution in [3.05, 3.63) is 174 Å². The lowest BCUT2D eigenvalue weighted by Crippen LogP contribution is -2.76. The van der Waals surface area contributed by atoms with Gasteiger partial charge < -0.3 is 0 Å². The first-order chi connectivity index (χ1) is 27.9. The first-order valence-corrected chi connectivity index (χ1v) is 17.1. The third kappa shape index (κ3) is 5.42. The van der Waals surface area contributed by atoms with Crippen molar-refractivity contribution in [2.75, 3.05) is 0 Å². The molecule has 0 spiro atoms. The summed E-state index contributed by atoms with van der Waals surface area (Å²) in [6.45, 7) is -5.29. The summed E-state index contributed by atoms with van der Waals surface area (Å²) in [5, 5.41) is 0. The minimum Gasteiger partial charge on any atom is -0.201 e. The fraction of sp³-hybridized carbons (Fsp3) is 0.128. The van der Waals surface area contributed by atoms with Gasteiger partial charge in [0.25, 0.3) is 0 Å². The molecule has 6 aromatic carbocycles. The smallest absolute Gasteiger partial charge is 0.201 e. The molecule has 1 aromatic heterocycles. The first-order valence-electron chi connectivity index (χ1n) is 21.6. The molecule has 0 N–H and O–H groups in total. The van der Waals surface area contributed by atoms with Crippen molar-refractivity contribution in [3.8, 4) is 33.5 Å². The molecule has 3 heteroatoms. The minimum atomic E-state index is -2.69. The summed E-state index contributed by atoms with van der Waals surface area (Å²) < 4.78 is 82.7. The van der Waals surface area contributed by atoms with Gasteiger partial charge in [-0.25, -0.2) is 4.57 Å². The molecular weight excluding hydrogens is 600 g/mol. The molecule has 0 aliphatic carbocycles. The van der Waals surface area contributed by atoms with Crippen molar-refractivity contribution in [1.29, 1.82) is 0 Å². The maximum Gasteiger partial charge on any atom is 0.240 e. The molecule has 1 aliphatic heterocycles. The highest BCUT2D eigenvalue weighted by Crippen LogP contribution is 2.25. The van der Waals surface area contributed by atoms with E-state index in [9.17, 15) is 0 Å². The van der Waals surface area contributed by atoms with Crippen molar-refractivity contribution >= 4 is 46.2 Å². The maximum atomic E-state index is 8.97. The number of fused-ring (bicyclic) bond motifs is 2. The van der Waals surface area contributed by atoms with Gasteiger partial charge in [0.2, 0.25) is 19.1 Å². The zero-order chi connectivity index (χ0) is 42.0. The van der Waals surface area contributed by atoms with E-state index in [1.165, 1.54) is 0 Å². The zero-order valence-electron chi connectivity index (χ0n) is 37.5. The maximum absolute atomic E-state index is 8.97. The second-order valence-corrected chi connectivity index (χ2v) is 13.5. The zero-order valence-corrected chi connectivity index (χ0v) is 28.5. The van der Waals surface area contributed by atoms with Gasteiger partial charge in [-0.3, -0.25) is 0 Å². The second-order valence-electron chi connectivity index (χ2n) is 13.5. The van der Waals surface area contributed by atoms with E-state index in [0.29, 0.717) is 16.6 Å². The van der Waals surface area contributed by atoms with Crippen LogP contribution in [0.1, 0.15) is 40.2 Å². The predicted molar refractivity (Wildman–Crippen MR) is 216 cm³/mol.